The van der Waals surface area contributed by atoms with Crippen LogP contribution < -0.4 is 10.2 Å². The molecule has 0 aliphatic rings. The van der Waals surface area contributed by atoms with Crippen LogP contribution in [0.1, 0.15) is 21.5 Å². The first-order chi connectivity index (χ1) is 13.7. The third-order valence-corrected chi connectivity index (χ3v) is 4.26. The van der Waals surface area contributed by atoms with Crippen molar-refractivity contribution in [3.8, 4) is 5.75 Å². The molecule has 140 valence electrons. The molecule has 0 saturated carbocycles. The van der Waals surface area contributed by atoms with Crippen LogP contribution in [0.5, 0.6) is 5.75 Å². The summed E-state index contributed by atoms with van der Waals surface area (Å²) in [5.74, 6) is 0.120. The summed E-state index contributed by atoms with van der Waals surface area (Å²) in [7, 11) is 0. The minimum Gasteiger partial charge on any atom is -0.488 e. The van der Waals surface area contributed by atoms with E-state index in [9.17, 15) is 4.79 Å². The quantitative estimate of drug-likeness (QED) is 0.436. The molecule has 0 unspecified atom stereocenters. The van der Waals surface area contributed by atoms with Crippen molar-refractivity contribution in [2.75, 3.05) is 0 Å². The van der Waals surface area contributed by atoms with E-state index in [1.165, 1.54) is 6.21 Å². The molecule has 0 aliphatic heterocycles. The van der Waals surface area contributed by atoms with E-state index in [0.717, 1.165) is 11.1 Å². The zero-order valence-corrected chi connectivity index (χ0v) is 15.8. The summed E-state index contributed by atoms with van der Waals surface area (Å²) >= 11 is 6.15. The van der Waals surface area contributed by atoms with Crippen LogP contribution in [0.2, 0.25) is 5.02 Å². The molecule has 1 N–H and O–H groups in total. The highest BCUT2D eigenvalue weighted by molar-refractivity contribution is 6.31. The molecule has 28 heavy (non-hydrogen) atoms. The van der Waals surface area contributed by atoms with Gasteiger partial charge in [-0.1, -0.05) is 78.3 Å². The number of hydrogen-bond acceptors (Lipinski definition) is 3. The van der Waals surface area contributed by atoms with E-state index in [1.807, 2.05) is 60.7 Å². The second-order valence-corrected chi connectivity index (χ2v) is 6.27. The summed E-state index contributed by atoms with van der Waals surface area (Å²) in [6.45, 7) is 0.271. The van der Waals surface area contributed by atoms with Crippen molar-refractivity contribution in [3.63, 3.8) is 0 Å². The molecule has 0 saturated heterocycles. The Morgan fingerprint density at radius 3 is 2.50 bits per heavy atom. The van der Waals surface area contributed by atoms with Crippen molar-refractivity contribution in [2.45, 2.75) is 6.61 Å². The number of para-hydroxylation sites is 1. The minimum atomic E-state index is -0.348. The Morgan fingerprint density at radius 2 is 1.68 bits per heavy atom. The van der Waals surface area contributed by atoms with Gasteiger partial charge in [-0.15, -0.1) is 0 Å². The Labute approximate surface area is 169 Å². The van der Waals surface area contributed by atoms with Gasteiger partial charge < -0.3 is 4.74 Å². The van der Waals surface area contributed by atoms with Crippen LogP contribution >= 0.6 is 11.6 Å². The lowest BCUT2D eigenvalue weighted by Crippen LogP contribution is -2.18. The summed E-state index contributed by atoms with van der Waals surface area (Å²) in [5, 5.41) is 4.57. The standard InChI is InChI=1S/C23H19ClN2O2/c24-21-14-6-4-12-19(21)17-28-22-15-7-5-13-20(22)23(27)26-25-16-8-11-18-9-2-1-3-10-18/h1-16H,17H2,(H,26,27)/b11-8+,25-16-. The molecule has 5 heteroatoms. The molecule has 0 spiro atoms. The van der Waals surface area contributed by atoms with E-state index < -0.39 is 0 Å². The summed E-state index contributed by atoms with van der Waals surface area (Å²) in [6.07, 6.45) is 5.18. The number of rotatable bonds is 7. The number of ether oxygens (including phenoxy) is 1. The van der Waals surface area contributed by atoms with E-state index >= 15 is 0 Å². The lowest BCUT2D eigenvalue weighted by Gasteiger charge is -2.11. The molecule has 0 radical (unpaired) electrons. The van der Waals surface area contributed by atoms with Crippen molar-refractivity contribution < 1.29 is 9.53 Å². The van der Waals surface area contributed by atoms with Gasteiger partial charge in [-0.3, -0.25) is 4.79 Å². The van der Waals surface area contributed by atoms with E-state index in [2.05, 4.69) is 10.5 Å². The van der Waals surface area contributed by atoms with Crippen LogP contribution in [-0.2, 0) is 6.61 Å². The van der Waals surface area contributed by atoms with E-state index in [4.69, 9.17) is 16.3 Å². The van der Waals surface area contributed by atoms with Crippen molar-refractivity contribution in [2.24, 2.45) is 5.10 Å². The van der Waals surface area contributed by atoms with Crippen LogP contribution in [0, 0.1) is 0 Å². The van der Waals surface area contributed by atoms with E-state index in [-0.39, 0.29) is 12.5 Å². The average Bonchev–Trinajstić information content (AvgIpc) is 2.74. The lowest BCUT2D eigenvalue weighted by atomic mass is 10.2. The van der Waals surface area contributed by atoms with Gasteiger partial charge in [0, 0.05) is 16.8 Å². The maximum absolute atomic E-state index is 12.4. The summed E-state index contributed by atoms with van der Waals surface area (Å²) in [6, 6.07) is 24.3. The van der Waals surface area contributed by atoms with Gasteiger partial charge in [0.15, 0.2) is 0 Å². The SMILES string of the molecule is O=C(N/N=C\C=C\c1ccccc1)c1ccccc1OCc1ccccc1Cl. The van der Waals surface area contributed by atoms with Gasteiger partial charge >= 0.3 is 0 Å². The van der Waals surface area contributed by atoms with Gasteiger partial charge in [-0.05, 0) is 29.8 Å². The number of allylic oxidation sites excluding steroid dienone is 1. The van der Waals surface area contributed by atoms with Crippen LogP contribution in [0.3, 0.4) is 0 Å². The molecule has 0 aliphatic carbocycles. The summed E-state index contributed by atoms with van der Waals surface area (Å²) in [5.41, 5.74) is 4.81. The minimum absolute atomic E-state index is 0.271. The molecule has 0 bridgehead atoms. The van der Waals surface area contributed by atoms with E-state index in [1.54, 1.807) is 30.3 Å². The Morgan fingerprint density at radius 1 is 0.964 bits per heavy atom. The first-order valence-electron chi connectivity index (χ1n) is 8.74. The molecular weight excluding hydrogens is 372 g/mol. The number of nitrogens with one attached hydrogen (secondary N) is 1. The Kier molecular flexibility index (Phi) is 6.99. The zero-order chi connectivity index (χ0) is 19.6. The molecule has 0 atom stereocenters. The summed E-state index contributed by atoms with van der Waals surface area (Å²) in [4.78, 5) is 12.4. The van der Waals surface area contributed by atoms with Gasteiger partial charge in [-0.25, -0.2) is 5.43 Å². The number of carbonyl (C=O) groups is 1. The third kappa shape index (κ3) is 5.56. The maximum Gasteiger partial charge on any atom is 0.275 e. The number of hydrazone groups is 1. The second kappa shape index (κ2) is 10.1. The molecule has 0 aromatic heterocycles. The van der Waals surface area contributed by atoms with Gasteiger partial charge in [0.2, 0.25) is 0 Å². The predicted octanol–water partition coefficient (Wildman–Crippen LogP) is 5.35. The lowest BCUT2D eigenvalue weighted by molar-refractivity contribution is 0.0950. The fraction of sp³-hybridized carbons (Fsp3) is 0.0435. The number of amides is 1. The van der Waals surface area contributed by atoms with Crippen LogP contribution in [-0.4, -0.2) is 12.1 Å². The van der Waals surface area contributed by atoms with Crippen LogP contribution in [0.15, 0.2) is 90.0 Å². The fourth-order valence-corrected chi connectivity index (χ4v) is 2.66. The molecule has 1 amide bonds. The average molecular weight is 391 g/mol. The largest absolute Gasteiger partial charge is 0.488 e. The van der Waals surface area contributed by atoms with E-state index in [0.29, 0.717) is 16.3 Å². The molecule has 0 heterocycles. The van der Waals surface area contributed by atoms with Gasteiger partial charge in [0.1, 0.15) is 12.4 Å². The number of hydrogen-bond donors (Lipinski definition) is 1. The highest BCUT2D eigenvalue weighted by Gasteiger charge is 2.12. The molecule has 4 nitrogen and oxygen atoms in total. The van der Waals surface area contributed by atoms with Crippen molar-refractivity contribution >= 4 is 29.8 Å². The van der Waals surface area contributed by atoms with Gasteiger partial charge in [0.25, 0.3) is 5.91 Å². The topological polar surface area (TPSA) is 50.7 Å². The number of carbonyl (C=O) groups excluding carboxylic acids is 1. The first-order valence-corrected chi connectivity index (χ1v) is 9.12. The number of nitrogens with zero attached hydrogens (tertiary/aromatic N) is 1. The monoisotopic (exact) mass is 390 g/mol. The van der Waals surface area contributed by atoms with Crippen LogP contribution in [0.4, 0.5) is 0 Å². The number of halogens is 1. The molecular formula is C23H19ClN2O2. The summed E-state index contributed by atoms with van der Waals surface area (Å²) < 4.78 is 5.80. The Balaban J connectivity index is 1.60. The highest BCUT2D eigenvalue weighted by Crippen LogP contribution is 2.22. The highest BCUT2D eigenvalue weighted by atomic mass is 35.5. The molecule has 0 fully saturated rings. The van der Waals surface area contributed by atoms with Crippen molar-refractivity contribution in [1.82, 2.24) is 5.43 Å². The zero-order valence-electron chi connectivity index (χ0n) is 15.1. The second-order valence-electron chi connectivity index (χ2n) is 5.87. The normalized spacial score (nSPS) is 11.0. The smallest absolute Gasteiger partial charge is 0.275 e. The predicted molar refractivity (Wildman–Crippen MR) is 114 cm³/mol. The fourth-order valence-electron chi connectivity index (χ4n) is 2.47. The Hall–Kier alpha value is -3.37. The first kappa shape index (κ1) is 19.4. The van der Waals surface area contributed by atoms with Crippen molar-refractivity contribution in [1.29, 1.82) is 0 Å². The Bertz CT molecular complexity index is 985. The maximum atomic E-state index is 12.4. The molecule has 3 aromatic carbocycles. The number of benzene rings is 3. The van der Waals surface area contributed by atoms with Crippen LogP contribution in [0.25, 0.3) is 6.08 Å². The van der Waals surface area contributed by atoms with Gasteiger partial charge in [-0.2, -0.15) is 5.10 Å². The molecule has 3 rings (SSSR count). The molecule has 3 aromatic rings. The third-order valence-electron chi connectivity index (χ3n) is 3.89. The van der Waals surface area contributed by atoms with Gasteiger partial charge in [0.05, 0.1) is 5.56 Å². The van der Waals surface area contributed by atoms with Crippen molar-refractivity contribution in [3.05, 3.63) is 107 Å².